The third kappa shape index (κ3) is 5.29. The molecule has 2 aromatic rings. The normalized spacial score (nSPS) is 11.3. The van der Waals surface area contributed by atoms with Crippen molar-refractivity contribution >= 4 is 15.7 Å². The lowest BCUT2D eigenvalue weighted by Gasteiger charge is -2.20. The van der Waals surface area contributed by atoms with Crippen LogP contribution in [-0.2, 0) is 21.2 Å². The molecule has 0 saturated carbocycles. The molecule has 0 bridgehead atoms. The van der Waals surface area contributed by atoms with Gasteiger partial charge in [-0.3, -0.25) is 4.79 Å². The number of amides is 1. The van der Waals surface area contributed by atoms with E-state index >= 15 is 0 Å². The van der Waals surface area contributed by atoms with Crippen LogP contribution in [0.2, 0.25) is 0 Å². The molecule has 0 saturated heterocycles. The van der Waals surface area contributed by atoms with Gasteiger partial charge in [-0.05, 0) is 37.6 Å². The van der Waals surface area contributed by atoms with E-state index in [1.165, 1.54) is 11.0 Å². The van der Waals surface area contributed by atoms with E-state index in [-0.39, 0.29) is 24.7 Å². The Labute approximate surface area is 148 Å². The highest BCUT2D eigenvalue weighted by Gasteiger charge is 2.17. The second-order valence-corrected chi connectivity index (χ2v) is 8.38. The van der Waals surface area contributed by atoms with Crippen LogP contribution in [0.5, 0.6) is 0 Å². The third-order valence-corrected chi connectivity index (χ3v) is 4.77. The molecule has 1 aromatic heterocycles. The molecule has 0 radical (unpaired) electrons. The molecule has 134 valence electrons. The van der Waals surface area contributed by atoms with Gasteiger partial charge in [-0.25, -0.2) is 13.1 Å². The first-order valence-corrected chi connectivity index (χ1v) is 9.97. The summed E-state index contributed by atoms with van der Waals surface area (Å²) in [5.74, 6) is -0.385. The third-order valence-electron chi connectivity index (χ3n) is 3.85. The lowest BCUT2D eigenvalue weighted by molar-refractivity contribution is -0.126. The average Bonchev–Trinajstić information content (AvgIpc) is 2.90. The van der Waals surface area contributed by atoms with E-state index in [4.69, 9.17) is 0 Å². The Balaban J connectivity index is 2.24. The molecular formula is C18H23N3O3S. The largest absolute Gasteiger partial charge is 0.334 e. The lowest BCUT2D eigenvalue weighted by atomic mass is 10.2. The molecule has 1 heterocycles. The van der Waals surface area contributed by atoms with E-state index in [0.29, 0.717) is 0 Å². The van der Waals surface area contributed by atoms with Gasteiger partial charge in [-0.2, -0.15) is 5.10 Å². The van der Waals surface area contributed by atoms with Gasteiger partial charge in [-0.1, -0.05) is 18.7 Å². The predicted octanol–water partition coefficient (Wildman–Crippen LogP) is 2.05. The fourth-order valence-corrected chi connectivity index (χ4v) is 2.98. The minimum absolute atomic E-state index is 0.0857. The first-order chi connectivity index (χ1) is 11.7. The van der Waals surface area contributed by atoms with Crippen molar-refractivity contribution in [3.05, 3.63) is 59.9 Å². The molecule has 0 aliphatic heterocycles. The summed E-state index contributed by atoms with van der Waals surface area (Å²) in [6.45, 7) is 7.78. The van der Waals surface area contributed by atoms with Crippen molar-refractivity contribution < 1.29 is 13.2 Å². The van der Waals surface area contributed by atoms with Crippen LogP contribution in [0.1, 0.15) is 16.8 Å². The van der Waals surface area contributed by atoms with Gasteiger partial charge in [0.25, 0.3) is 0 Å². The summed E-state index contributed by atoms with van der Waals surface area (Å²) in [6, 6.07) is 7.95. The molecule has 1 amide bonds. The molecule has 0 N–H and O–H groups in total. The first kappa shape index (κ1) is 18.9. The fraction of sp³-hybridized carbons (Fsp3) is 0.333. The minimum Gasteiger partial charge on any atom is -0.334 e. The van der Waals surface area contributed by atoms with Crippen molar-refractivity contribution in [2.24, 2.45) is 0 Å². The first-order valence-electron chi connectivity index (χ1n) is 7.91. The number of rotatable bonds is 7. The second kappa shape index (κ2) is 7.65. The summed E-state index contributed by atoms with van der Waals surface area (Å²) in [6.07, 6.45) is 4.22. The molecule has 0 atom stereocenters. The van der Waals surface area contributed by atoms with Gasteiger partial charge in [-0.15, -0.1) is 0 Å². The van der Waals surface area contributed by atoms with Gasteiger partial charge in [0.05, 0.1) is 17.1 Å². The smallest absolute Gasteiger partial charge is 0.246 e. The molecule has 0 aliphatic rings. The number of nitrogens with zero attached hydrogens (tertiary/aromatic N) is 3. The number of carbonyl (C=O) groups is 1. The molecule has 0 fully saturated rings. The van der Waals surface area contributed by atoms with Gasteiger partial charge in [0.15, 0.2) is 0 Å². The van der Waals surface area contributed by atoms with Crippen LogP contribution in [0.15, 0.2) is 43.1 Å². The summed E-state index contributed by atoms with van der Waals surface area (Å²) in [5, 5.41) is 4.50. The van der Waals surface area contributed by atoms with Crippen LogP contribution in [-0.4, -0.2) is 47.6 Å². The Kier molecular flexibility index (Phi) is 5.79. The van der Waals surface area contributed by atoms with Crippen LogP contribution >= 0.6 is 0 Å². The number of sulfone groups is 1. The monoisotopic (exact) mass is 361 g/mol. The predicted molar refractivity (Wildman–Crippen MR) is 98.4 cm³/mol. The summed E-state index contributed by atoms with van der Waals surface area (Å²) in [4.78, 5) is 13.5. The van der Waals surface area contributed by atoms with Gasteiger partial charge >= 0.3 is 0 Å². The van der Waals surface area contributed by atoms with Crippen LogP contribution < -0.4 is 0 Å². The van der Waals surface area contributed by atoms with E-state index < -0.39 is 9.84 Å². The molecular weight excluding hydrogens is 338 g/mol. The minimum atomic E-state index is -3.15. The standard InChI is InChI=1S/C18H23N3O3S/c1-5-18(22)20(9-10-25(4,23)24)12-16-13-21(19-15(16)3)17-8-6-7-14(2)11-17/h5-8,11,13H,1,9-10,12H2,2-4H3. The highest BCUT2D eigenvalue weighted by molar-refractivity contribution is 7.90. The fourth-order valence-electron chi connectivity index (χ4n) is 2.43. The van der Waals surface area contributed by atoms with E-state index in [2.05, 4.69) is 11.7 Å². The van der Waals surface area contributed by atoms with E-state index in [9.17, 15) is 13.2 Å². The van der Waals surface area contributed by atoms with E-state index in [1.54, 1.807) is 4.68 Å². The van der Waals surface area contributed by atoms with Gasteiger partial charge in [0.1, 0.15) is 9.84 Å². The zero-order chi connectivity index (χ0) is 18.6. The van der Waals surface area contributed by atoms with Crippen molar-refractivity contribution in [3.8, 4) is 5.69 Å². The Hall–Kier alpha value is -2.41. The topological polar surface area (TPSA) is 72.3 Å². The van der Waals surface area contributed by atoms with Crippen molar-refractivity contribution in [1.82, 2.24) is 14.7 Å². The number of carbonyl (C=O) groups excluding carboxylic acids is 1. The average molecular weight is 361 g/mol. The SMILES string of the molecule is C=CC(=O)N(CCS(C)(=O)=O)Cc1cn(-c2cccc(C)c2)nc1C. The van der Waals surface area contributed by atoms with Crippen molar-refractivity contribution in [2.45, 2.75) is 20.4 Å². The summed E-state index contributed by atoms with van der Waals surface area (Å²) < 4.78 is 24.6. The zero-order valence-corrected chi connectivity index (χ0v) is 15.6. The Bertz CT molecular complexity index is 885. The summed E-state index contributed by atoms with van der Waals surface area (Å²) in [5.41, 5.74) is 3.73. The molecule has 1 aromatic carbocycles. The van der Waals surface area contributed by atoms with Gasteiger partial charge < -0.3 is 4.90 Å². The number of aryl methyl sites for hydroxylation is 2. The van der Waals surface area contributed by atoms with E-state index in [1.807, 2.05) is 44.3 Å². The molecule has 0 aliphatic carbocycles. The Morgan fingerprint density at radius 2 is 2.08 bits per heavy atom. The number of benzene rings is 1. The quantitative estimate of drug-likeness (QED) is 0.708. The highest BCUT2D eigenvalue weighted by Crippen LogP contribution is 2.15. The molecule has 6 nitrogen and oxygen atoms in total. The highest BCUT2D eigenvalue weighted by atomic mass is 32.2. The molecule has 2 rings (SSSR count). The maximum absolute atomic E-state index is 12.1. The van der Waals surface area contributed by atoms with Crippen LogP contribution in [0.25, 0.3) is 5.69 Å². The number of hydrogen-bond acceptors (Lipinski definition) is 4. The molecule has 0 unspecified atom stereocenters. The van der Waals surface area contributed by atoms with Crippen LogP contribution in [0.3, 0.4) is 0 Å². The zero-order valence-electron chi connectivity index (χ0n) is 14.8. The molecule has 0 spiro atoms. The van der Waals surface area contributed by atoms with Crippen molar-refractivity contribution in [3.63, 3.8) is 0 Å². The number of aromatic nitrogens is 2. The molecule has 7 heteroatoms. The number of hydrogen-bond donors (Lipinski definition) is 0. The second-order valence-electron chi connectivity index (χ2n) is 6.12. The van der Waals surface area contributed by atoms with Gasteiger partial charge in [0.2, 0.25) is 5.91 Å². The van der Waals surface area contributed by atoms with Crippen molar-refractivity contribution in [2.75, 3.05) is 18.6 Å². The summed E-state index contributed by atoms with van der Waals surface area (Å²) in [7, 11) is -3.15. The Morgan fingerprint density at radius 3 is 2.68 bits per heavy atom. The lowest BCUT2D eigenvalue weighted by Crippen LogP contribution is -2.33. The van der Waals surface area contributed by atoms with Crippen LogP contribution in [0, 0.1) is 13.8 Å². The summed E-state index contributed by atoms with van der Waals surface area (Å²) >= 11 is 0. The van der Waals surface area contributed by atoms with E-state index in [0.717, 1.165) is 28.8 Å². The van der Waals surface area contributed by atoms with Crippen molar-refractivity contribution in [1.29, 1.82) is 0 Å². The molecule has 25 heavy (non-hydrogen) atoms. The Morgan fingerprint density at radius 1 is 1.36 bits per heavy atom. The van der Waals surface area contributed by atoms with Crippen LogP contribution in [0.4, 0.5) is 0 Å². The van der Waals surface area contributed by atoms with Gasteiger partial charge in [0, 0.05) is 31.1 Å². The maximum Gasteiger partial charge on any atom is 0.246 e. The maximum atomic E-state index is 12.1.